The molecule has 1 aromatic carbocycles. The highest BCUT2D eigenvalue weighted by molar-refractivity contribution is 5.77. The Balaban J connectivity index is 1.93. The maximum atomic E-state index is 13.6. The number of likely N-dealkylation sites (tertiary alicyclic amines) is 1. The number of nitrogen functional groups attached to an aromatic ring is 1. The number of anilines is 1. The van der Waals surface area contributed by atoms with Crippen molar-refractivity contribution in [2.75, 3.05) is 32.5 Å². The number of nitrogens with zero attached hydrogens (tertiary/aromatic N) is 3. The number of methoxy groups -OCH3 is 1. The zero-order valence-corrected chi connectivity index (χ0v) is 14.1. The van der Waals surface area contributed by atoms with Gasteiger partial charge >= 0.3 is 0 Å². The van der Waals surface area contributed by atoms with E-state index in [1.807, 2.05) is 6.07 Å². The van der Waals surface area contributed by atoms with Crippen molar-refractivity contribution in [3.63, 3.8) is 0 Å². The fourth-order valence-electron chi connectivity index (χ4n) is 3.24. The summed E-state index contributed by atoms with van der Waals surface area (Å²) in [6, 6.07) is 6.32. The van der Waals surface area contributed by atoms with Crippen LogP contribution in [0, 0.1) is 5.82 Å². The van der Waals surface area contributed by atoms with Gasteiger partial charge in [-0.05, 0) is 30.5 Å². The maximum Gasteiger partial charge on any atom is 0.248 e. The molecule has 1 fully saturated rings. The number of rotatable bonds is 4. The first-order chi connectivity index (χ1) is 12.1. The molecule has 25 heavy (non-hydrogen) atoms. The van der Waals surface area contributed by atoms with E-state index in [0.29, 0.717) is 18.7 Å². The molecule has 1 amide bonds. The van der Waals surface area contributed by atoms with Crippen LogP contribution in [-0.2, 0) is 9.53 Å². The van der Waals surface area contributed by atoms with Crippen LogP contribution in [0.5, 0.6) is 0 Å². The molecular formula is C18H21FN4O2. The van der Waals surface area contributed by atoms with Crippen molar-refractivity contribution in [2.24, 2.45) is 0 Å². The van der Waals surface area contributed by atoms with Gasteiger partial charge in [-0.15, -0.1) is 0 Å². The van der Waals surface area contributed by atoms with E-state index in [2.05, 4.69) is 9.97 Å². The summed E-state index contributed by atoms with van der Waals surface area (Å²) in [5.74, 6) is -0.157. The fourth-order valence-corrected chi connectivity index (χ4v) is 3.24. The molecule has 0 unspecified atom stereocenters. The van der Waals surface area contributed by atoms with E-state index in [1.54, 1.807) is 17.2 Å². The van der Waals surface area contributed by atoms with Gasteiger partial charge in [0.05, 0.1) is 5.69 Å². The van der Waals surface area contributed by atoms with Crippen molar-refractivity contribution in [1.29, 1.82) is 0 Å². The summed E-state index contributed by atoms with van der Waals surface area (Å²) in [6.07, 6.45) is 3.38. The first kappa shape index (κ1) is 17.3. The van der Waals surface area contributed by atoms with Gasteiger partial charge < -0.3 is 15.4 Å². The van der Waals surface area contributed by atoms with E-state index in [1.165, 1.54) is 19.2 Å². The molecule has 2 N–H and O–H groups in total. The molecule has 1 atom stereocenters. The Kier molecular flexibility index (Phi) is 5.23. The minimum absolute atomic E-state index is 0.0260. The predicted molar refractivity (Wildman–Crippen MR) is 92.3 cm³/mol. The fraction of sp³-hybridized carbons (Fsp3) is 0.389. The average Bonchev–Trinajstić information content (AvgIpc) is 2.62. The topological polar surface area (TPSA) is 81.3 Å². The number of nitrogens with two attached hydrogens (primary N) is 1. The Morgan fingerprint density at radius 2 is 2.32 bits per heavy atom. The van der Waals surface area contributed by atoms with Gasteiger partial charge in [0.25, 0.3) is 0 Å². The van der Waals surface area contributed by atoms with Crippen LogP contribution in [0.2, 0.25) is 0 Å². The molecule has 1 aliphatic heterocycles. The molecule has 7 heteroatoms. The van der Waals surface area contributed by atoms with E-state index in [4.69, 9.17) is 10.5 Å². The lowest BCUT2D eigenvalue weighted by atomic mass is 9.90. The van der Waals surface area contributed by atoms with Crippen molar-refractivity contribution in [2.45, 2.75) is 18.8 Å². The number of carbonyl (C=O) groups excluding carboxylic acids is 1. The Bertz CT molecular complexity index is 768. The molecule has 0 radical (unpaired) electrons. The van der Waals surface area contributed by atoms with Crippen LogP contribution in [0.1, 0.15) is 24.5 Å². The summed E-state index contributed by atoms with van der Waals surface area (Å²) in [5.41, 5.74) is 8.00. The average molecular weight is 344 g/mol. The molecule has 0 spiro atoms. The first-order valence-corrected chi connectivity index (χ1v) is 8.23. The van der Waals surface area contributed by atoms with E-state index in [-0.39, 0.29) is 30.2 Å². The van der Waals surface area contributed by atoms with E-state index < -0.39 is 0 Å². The lowest BCUT2D eigenvalue weighted by molar-refractivity contribution is -0.136. The molecule has 132 valence electrons. The monoisotopic (exact) mass is 344 g/mol. The molecule has 1 aliphatic rings. The molecule has 6 nitrogen and oxygen atoms in total. The van der Waals surface area contributed by atoms with E-state index >= 15 is 0 Å². The van der Waals surface area contributed by atoms with Gasteiger partial charge in [-0.25, -0.2) is 14.4 Å². The Morgan fingerprint density at radius 3 is 3.08 bits per heavy atom. The summed E-state index contributed by atoms with van der Waals surface area (Å²) in [7, 11) is 1.51. The number of benzene rings is 1. The predicted octanol–water partition coefficient (Wildman–Crippen LogP) is 2.22. The summed E-state index contributed by atoms with van der Waals surface area (Å²) < 4.78 is 18.6. The van der Waals surface area contributed by atoms with Crippen LogP contribution in [0.3, 0.4) is 0 Å². The second-order valence-electron chi connectivity index (χ2n) is 6.15. The second kappa shape index (κ2) is 7.57. The SMILES string of the molecule is COCC(=O)N1CCC[C@@H](c2nc(N)ncc2-c2cccc(F)c2)C1. The van der Waals surface area contributed by atoms with Crippen molar-refractivity contribution >= 4 is 11.9 Å². The smallest absolute Gasteiger partial charge is 0.248 e. The highest BCUT2D eigenvalue weighted by atomic mass is 19.1. The number of hydrogen-bond donors (Lipinski definition) is 1. The summed E-state index contributed by atoms with van der Waals surface area (Å²) >= 11 is 0. The quantitative estimate of drug-likeness (QED) is 0.920. The highest BCUT2D eigenvalue weighted by Crippen LogP contribution is 2.33. The van der Waals surface area contributed by atoms with Gasteiger partial charge in [-0.3, -0.25) is 4.79 Å². The highest BCUT2D eigenvalue weighted by Gasteiger charge is 2.28. The van der Waals surface area contributed by atoms with E-state index in [0.717, 1.165) is 24.1 Å². The number of aromatic nitrogens is 2. The van der Waals surface area contributed by atoms with Crippen molar-refractivity contribution < 1.29 is 13.9 Å². The molecule has 0 bridgehead atoms. The van der Waals surface area contributed by atoms with Gasteiger partial charge in [-0.2, -0.15) is 0 Å². The standard InChI is InChI=1S/C18H21FN4O2/c1-25-11-16(24)23-7-3-5-13(10-23)17-15(9-21-18(20)22-17)12-4-2-6-14(19)8-12/h2,4,6,8-9,13H,3,5,7,10-11H2,1H3,(H2,20,21,22)/t13-/m1/s1. The van der Waals surface area contributed by atoms with Crippen LogP contribution >= 0.6 is 0 Å². The second-order valence-corrected chi connectivity index (χ2v) is 6.15. The van der Waals surface area contributed by atoms with Gasteiger partial charge in [0.1, 0.15) is 12.4 Å². The normalized spacial score (nSPS) is 17.5. The van der Waals surface area contributed by atoms with Gasteiger partial charge in [-0.1, -0.05) is 12.1 Å². The number of hydrogen-bond acceptors (Lipinski definition) is 5. The molecule has 0 saturated carbocycles. The summed E-state index contributed by atoms with van der Waals surface area (Å²) in [6.45, 7) is 1.31. The molecular weight excluding hydrogens is 323 g/mol. The van der Waals surface area contributed by atoms with Crippen LogP contribution in [0.25, 0.3) is 11.1 Å². The van der Waals surface area contributed by atoms with Gasteiger partial charge in [0.15, 0.2) is 0 Å². The molecule has 2 heterocycles. The number of halogens is 1. The van der Waals surface area contributed by atoms with Crippen molar-refractivity contribution in [1.82, 2.24) is 14.9 Å². The summed E-state index contributed by atoms with van der Waals surface area (Å²) in [4.78, 5) is 22.4. The minimum atomic E-state index is -0.319. The Morgan fingerprint density at radius 1 is 1.48 bits per heavy atom. The molecule has 1 aromatic heterocycles. The van der Waals surface area contributed by atoms with E-state index in [9.17, 15) is 9.18 Å². The number of ether oxygens (including phenoxy) is 1. The molecule has 1 saturated heterocycles. The van der Waals surface area contributed by atoms with Crippen LogP contribution in [-0.4, -0.2) is 47.6 Å². The Labute approximate surface area is 145 Å². The largest absolute Gasteiger partial charge is 0.375 e. The van der Waals surface area contributed by atoms with Crippen LogP contribution in [0.15, 0.2) is 30.5 Å². The molecule has 2 aromatic rings. The Hall–Kier alpha value is -2.54. The zero-order chi connectivity index (χ0) is 17.8. The minimum Gasteiger partial charge on any atom is -0.375 e. The number of amides is 1. The van der Waals surface area contributed by atoms with Crippen molar-refractivity contribution in [3.8, 4) is 11.1 Å². The maximum absolute atomic E-state index is 13.6. The van der Waals surface area contributed by atoms with Gasteiger partial charge in [0, 0.05) is 37.9 Å². The molecule has 3 rings (SSSR count). The first-order valence-electron chi connectivity index (χ1n) is 8.23. The lowest BCUT2D eigenvalue weighted by Gasteiger charge is -2.33. The zero-order valence-electron chi connectivity index (χ0n) is 14.1. The number of piperidine rings is 1. The summed E-state index contributed by atoms with van der Waals surface area (Å²) in [5, 5.41) is 0. The lowest BCUT2D eigenvalue weighted by Crippen LogP contribution is -2.41. The van der Waals surface area contributed by atoms with Crippen LogP contribution < -0.4 is 5.73 Å². The third-order valence-electron chi connectivity index (χ3n) is 4.40. The van der Waals surface area contributed by atoms with Crippen molar-refractivity contribution in [3.05, 3.63) is 42.0 Å². The molecule has 0 aliphatic carbocycles. The van der Waals surface area contributed by atoms with Gasteiger partial charge in [0.2, 0.25) is 11.9 Å². The third kappa shape index (κ3) is 3.93. The number of carbonyl (C=O) groups is 1. The third-order valence-corrected chi connectivity index (χ3v) is 4.40. The van der Waals surface area contributed by atoms with Crippen LogP contribution in [0.4, 0.5) is 10.3 Å².